The zero-order valence-electron chi connectivity index (χ0n) is 15.9. The van der Waals surface area contributed by atoms with Crippen LogP contribution in [-0.2, 0) is 6.42 Å². The van der Waals surface area contributed by atoms with Gasteiger partial charge in [0.2, 0.25) is 0 Å². The molecule has 0 spiro atoms. The summed E-state index contributed by atoms with van der Waals surface area (Å²) in [5.74, 6) is 1.99. The Balaban J connectivity index is 0.00000261. The minimum atomic E-state index is 0. The molecule has 1 saturated heterocycles. The Morgan fingerprint density at radius 2 is 1.96 bits per heavy atom. The number of methoxy groups -OCH3 is 1. The molecule has 0 radical (unpaired) electrons. The number of rotatable bonds is 6. The molecule has 148 valence electrons. The summed E-state index contributed by atoms with van der Waals surface area (Å²) in [5, 5.41) is 3.11. The van der Waals surface area contributed by atoms with Crippen molar-refractivity contribution in [3.8, 4) is 5.75 Å². The number of benzene rings is 1. The van der Waals surface area contributed by atoms with Crippen molar-refractivity contribution in [2.45, 2.75) is 13.3 Å². The van der Waals surface area contributed by atoms with Crippen molar-refractivity contribution in [3.63, 3.8) is 0 Å². The third kappa shape index (κ3) is 6.24. The van der Waals surface area contributed by atoms with Gasteiger partial charge in [0.05, 0.1) is 7.11 Å². The molecule has 27 heavy (non-hydrogen) atoms. The maximum absolute atomic E-state index is 6.22. The van der Waals surface area contributed by atoms with Gasteiger partial charge < -0.3 is 20.3 Å². The highest BCUT2D eigenvalue weighted by molar-refractivity contribution is 14.0. The van der Waals surface area contributed by atoms with Crippen molar-refractivity contribution in [3.05, 3.63) is 41.4 Å². The number of nitrogens with zero attached hydrogens (tertiary/aromatic N) is 4. The van der Waals surface area contributed by atoms with E-state index in [4.69, 9.17) is 10.5 Å². The van der Waals surface area contributed by atoms with Crippen LogP contribution in [0.5, 0.6) is 5.75 Å². The standard InChI is InChI=1S/C19H27N5OS.HI/c1-15(13-16-3-5-17(25-2)6-4-16)14-22-18(20)23-8-10-24(11-9-23)19-21-7-12-26-19;/h3-7,12,15H,8-11,13-14H2,1-2H3,(H2,20,22);1H. The van der Waals surface area contributed by atoms with Crippen LogP contribution in [0.15, 0.2) is 40.8 Å². The number of anilines is 1. The molecule has 1 aromatic carbocycles. The molecule has 0 aliphatic carbocycles. The van der Waals surface area contributed by atoms with E-state index in [1.807, 2.05) is 23.7 Å². The van der Waals surface area contributed by atoms with Crippen LogP contribution in [0.3, 0.4) is 0 Å². The van der Waals surface area contributed by atoms with Gasteiger partial charge in [-0.2, -0.15) is 0 Å². The van der Waals surface area contributed by atoms with Crippen molar-refractivity contribution in [2.24, 2.45) is 16.6 Å². The number of piperazine rings is 1. The average molecular weight is 501 g/mol. The summed E-state index contributed by atoms with van der Waals surface area (Å²) in [6.07, 6.45) is 2.84. The maximum atomic E-state index is 6.22. The van der Waals surface area contributed by atoms with Crippen molar-refractivity contribution in [2.75, 3.05) is 44.7 Å². The first kappa shape index (κ1) is 21.7. The highest BCUT2D eigenvalue weighted by atomic mass is 127. The van der Waals surface area contributed by atoms with E-state index < -0.39 is 0 Å². The Bertz CT molecular complexity index is 699. The van der Waals surface area contributed by atoms with Crippen LogP contribution in [0.1, 0.15) is 12.5 Å². The van der Waals surface area contributed by atoms with Crippen LogP contribution >= 0.6 is 35.3 Å². The molecule has 1 atom stereocenters. The van der Waals surface area contributed by atoms with Crippen molar-refractivity contribution >= 4 is 46.4 Å². The molecular formula is C19H28IN5OS. The van der Waals surface area contributed by atoms with Gasteiger partial charge in [-0.3, -0.25) is 4.99 Å². The fourth-order valence-corrected chi connectivity index (χ4v) is 3.77. The lowest BCUT2D eigenvalue weighted by Gasteiger charge is -2.35. The minimum Gasteiger partial charge on any atom is -0.497 e. The molecule has 1 aromatic heterocycles. The van der Waals surface area contributed by atoms with Gasteiger partial charge in [-0.15, -0.1) is 35.3 Å². The number of halogens is 1. The van der Waals surface area contributed by atoms with Gasteiger partial charge in [-0.05, 0) is 30.0 Å². The summed E-state index contributed by atoms with van der Waals surface area (Å²) in [4.78, 5) is 13.5. The van der Waals surface area contributed by atoms with Gasteiger partial charge in [0.1, 0.15) is 5.75 Å². The van der Waals surface area contributed by atoms with Gasteiger partial charge in [-0.1, -0.05) is 19.1 Å². The van der Waals surface area contributed by atoms with Crippen LogP contribution in [0.4, 0.5) is 5.13 Å². The number of hydrogen-bond acceptors (Lipinski definition) is 5. The molecule has 2 aromatic rings. The highest BCUT2D eigenvalue weighted by Gasteiger charge is 2.19. The predicted octanol–water partition coefficient (Wildman–Crippen LogP) is 3.09. The highest BCUT2D eigenvalue weighted by Crippen LogP contribution is 2.19. The zero-order valence-corrected chi connectivity index (χ0v) is 19.0. The Kier molecular flexibility index (Phi) is 8.62. The molecule has 1 fully saturated rings. The van der Waals surface area contributed by atoms with E-state index in [-0.39, 0.29) is 24.0 Å². The minimum absolute atomic E-state index is 0. The van der Waals surface area contributed by atoms with E-state index in [2.05, 4.69) is 38.8 Å². The lowest BCUT2D eigenvalue weighted by molar-refractivity contribution is 0.379. The number of ether oxygens (including phenoxy) is 1. The lowest BCUT2D eigenvalue weighted by Crippen LogP contribution is -2.51. The zero-order chi connectivity index (χ0) is 18.4. The van der Waals surface area contributed by atoms with Crippen LogP contribution in [-0.4, -0.2) is 55.7 Å². The first-order chi connectivity index (χ1) is 12.7. The SMILES string of the molecule is COc1ccc(CC(C)CN=C(N)N2CCN(c3nccs3)CC2)cc1.I. The van der Waals surface area contributed by atoms with Gasteiger partial charge in [0, 0.05) is 44.3 Å². The molecule has 6 nitrogen and oxygen atoms in total. The smallest absolute Gasteiger partial charge is 0.191 e. The number of hydrogen-bond donors (Lipinski definition) is 1. The van der Waals surface area contributed by atoms with E-state index in [9.17, 15) is 0 Å². The molecule has 2 heterocycles. The average Bonchev–Trinajstić information content (AvgIpc) is 3.21. The first-order valence-corrected chi connectivity index (χ1v) is 9.86. The quantitative estimate of drug-likeness (QED) is 0.375. The summed E-state index contributed by atoms with van der Waals surface area (Å²) < 4.78 is 5.20. The number of aliphatic imine (C=N–C) groups is 1. The molecule has 1 unspecified atom stereocenters. The Labute approximate surface area is 182 Å². The fourth-order valence-electron chi connectivity index (χ4n) is 3.08. The van der Waals surface area contributed by atoms with E-state index >= 15 is 0 Å². The van der Waals surface area contributed by atoms with Crippen molar-refractivity contribution < 1.29 is 4.74 Å². The molecular weight excluding hydrogens is 473 g/mol. The third-order valence-electron chi connectivity index (χ3n) is 4.60. The summed E-state index contributed by atoms with van der Waals surface area (Å²) >= 11 is 1.68. The Morgan fingerprint density at radius 3 is 2.56 bits per heavy atom. The second kappa shape index (κ2) is 10.7. The van der Waals surface area contributed by atoms with Crippen molar-refractivity contribution in [1.29, 1.82) is 0 Å². The maximum Gasteiger partial charge on any atom is 0.191 e. The van der Waals surface area contributed by atoms with Gasteiger partial charge >= 0.3 is 0 Å². The third-order valence-corrected chi connectivity index (χ3v) is 5.43. The van der Waals surface area contributed by atoms with Gasteiger partial charge in [0.25, 0.3) is 0 Å². The molecule has 0 saturated carbocycles. The predicted molar refractivity (Wildman–Crippen MR) is 124 cm³/mol. The molecule has 2 N–H and O–H groups in total. The Morgan fingerprint density at radius 1 is 1.26 bits per heavy atom. The second-order valence-corrected chi connectivity index (χ2v) is 7.52. The number of nitrogens with two attached hydrogens (primary N) is 1. The summed E-state index contributed by atoms with van der Waals surface area (Å²) in [6.45, 7) is 6.60. The van der Waals surface area contributed by atoms with E-state index in [0.29, 0.717) is 11.9 Å². The first-order valence-electron chi connectivity index (χ1n) is 8.98. The van der Waals surface area contributed by atoms with Crippen LogP contribution < -0.4 is 15.4 Å². The lowest BCUT2D eigenvalue weighted by atomic mass is 10.0. The van der Waals surface area contributed by atoms with Crippen molar-refractivity contribution in [1.82, 2.24) is 9.88 Å². The summed E-state index contributed by atoms with van der Waals surface area (Å²) in [5.41, 5.74) is 7.52. The monoisotopic (exact) mass is 501 g/mol. The Hall–Kier alpha value is -1.55. The number of guanidine groups is 1. The molecule has 0 amide bonds. The van der Waals surface area contributed by atoms with Crippen LogP contribution in [0.2, 0.25) is 0 Å². The molecule has 1 aliphatic rings. The summed E-state index contributed by atoms with van der Waals surface area (Å²) in [6, 6.07) is 8.23. The van der Waals surface area contributed by atoms with Gasteiger partial charge in [-0.25, -0.2) is 4.98 Å². The molecule has 0 bridgehead atoms. The van der Waals surface area contributed by atoms with E-state index in [1.54, 1.807) is 18.4 Å². The largest absolute Gasteiger partial charge is 0.497 e. The van der Waals surface area contributed by atoms with E-state index in [1.165, 1.54) is 5.56 Å². The molecule has 1 aliphatic heterocycles. The molecule has 8 heteroatoms. The second-order valence-electron chi connectivity index (χ2n) is 6.65. The van der Waals surface area contributed by atoms with Gasteiger partial charge in [0.15, 0.2) is 11.1 Å². The number of thiazole rings is 1. The van der Waals surface area contributed by atoms with E-state index in [0.717, 1.165) is 50.0 Å². The van der Waals surface area contributed by atoms with Crippen LogP contribution in [0.25, 0.3) is 0 Å². The topological polar surface area (TPSA) is 67.0 Å². The van der Waals surface area contributed by atoms with Crippen LogP contribution in [0, 0.1) is 5.92 Å². The summed E-state index contributed by atoms with van der Waals surface area (Å²) in [7, 11) is 1.69. The normalized spacial score (nSPS) is 16.0. The fraction of sp³-hybridized carbons (Fsp3) is 0.474. The number of aromatic nitrogens is 1. The molecule has 3 rings (SSSR count).